The number of aromatic nitrogens is 2. The third-order valence-electron chi connectivity index (χ3n) is 3.52. The van der Waals surface area contributed by atoms with Crippen LogP contribution in [-0.4, -0.2) is 40.4 Å². The molecule has 2 aromatic rings. The molecule has 1 atom stereocenters. The van der Waals surface area contributed by atoms with E-state index >= 15 is 0 Å². The molecule has 1 aliphatic heterocycles. The maximum absolute atomic E-state index is 11.6. The fourth-order valence-electron chi connectivity index (χ4n) is 2.62. The first-order valence-corrected chi connectivity index (χ1v) is 7.91. The van der Waals surface area contributed by atoms with Gasteiger partial charge in [0.25, 0.3) is 0 Å². The van der Waals surface area contributed by atoms with Gasteiger partial charge in [0.2, 0.25) is 0 Å². The fourth-order valence-corrected chi connectivity index (χ4v) is 4.36. The first-order valence-electron chi connectivity index (χ1n) is 6.09. The Hall–Kier alpha value is -2.09. The summed E-state index contributed by atoms with van der Waals surface area (Å²) in [6, 6.07) is 3.28. The molecule has 0 aromatic carbocycles. The maximum Gasteiger partial charge on any atom is 0.356 e. The predicted molar refractivity (Wildman–Crippen MR) is 72.6 cm³/mol. The average Bonchev–Trinajstić information content (AvgIpc) is 2.90. The molecule has 0 radical (unpaired) electrons. The van der Waals surface area contributed by atoms with E-state index in [-0.39, 0.29) is 23.1 Å². The summed E-state index contributed by atoms with van der Waals surface area (Å²) in [6.07, 6.45) is 2.11. The van der Waals surface area contributed by atoms with Crippen LogP contribution in [0.5, 0.6) is 0 Å². The molecule has 3 heterocycles. The van der Waals surface area contributed by atoms with Crippen molar-refractivity contribution in [3.8, 4) is 0 Å². The van der Waals surface area contributed by atoms with Crippen LogP contribution in [0.1, 0.15) is 28.7 Å². The van der Waals surface area contributed by atoms with E-state index in [4.69, 9.17) is 5.73 Å². The van der Waals surface area contributed by atoms with Gasteiger partial charge < -0.3 is 15.2 Å². The number of rotatable bonds is 2. The largest absolute Gasteiger partial charge is 0.476 e. The van der Waals surface area contributed by atoms with Crippen molar-refractivity contribution < 1.29 is 18.3 Å². The molecule has 1 fully saturated rings. The Kier molecular flexibility index (Phi) is 2.72. The second kappa shape index (κ2) is 4.20. The van der Waals surface area contributed by atoms with E-state index in [1.165, 1.54) is 0 Å². The fraction of sp³-hybridized carbons (Fsp3) is 0.333. The number of carbonyl (C=O) groups is 1. The molecule has 20 heavy (non-hydrogen) atoms. The summed E-state index contributed by atoms with van der Waals surface area (Å²) in [6.45, 7) is 0. The van der Waals surface area contributed by atoms with Crippen molar-refractivity contribution in [2.45, 2.75) is 12.3 Å². The van der Waals surface area contributed by atoms with Gasteiger partial charge in [0.05, 0.1) is 17.2 Å². The minimum Gasteiger partial charge on any atom is -0.476 e. The topological polar surface area (TPSA) is 115 Å². The minimum atomic E-state index is -3.07. The van der Waals surface area contributed by atoms with Gasteiger partial charge in [-0.1, -0.05) is 0 Å². The number of sulfone groups is 1. The van der Waals surface area contributed by atoms with Crippen LogP contribution in [0.15, 0.2) is 18.3 Å². The van der Waals surface area contributed by atoms with E-state index in [1.807, 2.05) is 0 Å². The number of nitrogen functional groups attached to an aromatic ring is 1. The zero-order valence-electron chi connectivity index (χ0n) is 10.5. The van der Waals surface area contributed by atoms with E-state index in [9.17, 15) is 18.3 Å². The number of carboxylic acid groups (broad SMARTS) is 1. The molecular formula is C12H13N3O4S. The Morgan fingerprint density at radius 2 is 2.25 bits per heavy atom. The second-order valence-corrected chi connectivity index (χ2v) is 7.13. The lowest BCUT2D eigenvalue weighted by Crippen LogP contribution is -2.07. The lowest BCUT2D eigenvalue weighted by Gasteiger charge is -2.07. The van der Waals surface area contributed by atoms with E-state index in [1.54, 1.807) is 22.7 Å². The predicted octanol–water partition coefficient (Wildman–Crippen LogP) is 0.517. The van der Waals surface area contributed by atoms with Crippen molar-refractivity contribution >= 4 is 27.0 Å². The quantitative estimate of drug-likeness (QED) is 0.834. The van der Waals surface area contributed by atoms with Crippen LogP contribution in [0.25, 0.3) is 5.52 Å². The Bertz CT molecular complexity index is 809. The first kappa shape index (κ1) is 12.9. The smallest absolute Gasteiger partial charge is 0.356 e. The van der Waals surface area contributed by atoms with Crippen LogP contribution < -0.4 is 5.73 Å². The molecule has 0 aliphatic carbocycles. The molecule has 3 N–H and O–H groups in total. The second-order valence-electron chi connectivity index (χ2n) is 4.91. The van der Waals surface area contributed by atoms with Crippen molar-refractivity contribution in [1.82, 2.24) is 9.38 Å². The number of aromatic carboxylic acids is 1. The number of carboxylic acids is 1. The van der Waals surface area contributed by atoms with Crippen molar-refractivity contribution in [2.75, 3.05) is 17.2 Å². The summed E-state index contributed by atoms with van der Waals surface area (Å²) < 4.78 is 24.7. The molecule has 0 bridgehead atoms. The SMILES string of the molecule is Nc1cccn2c(C3CCS(=O)(=O)C3)nc(C(=O)O)c12. The van der Waals surface area contributed by atoms with Gasteiger partial charge in [-0.05, 0) is 18.6 Å². The van der Waals surface area contributed by atoms with Gasteiger partial charge in [-0.3, -0.25) is 0 Å². The van der Waals surface area contributed by atoms with Crippen molar-refractivity contribution in [3.63, 3.8) is 0 Å². The average molecular weight is 295 g/mol. The number of nitrogens with zero attached hydrogens (tertiary/aromatic N) is 2. The highest BCUT2D eigenvalue weighted by molar-refractivity contribution is 7.91. The maximum atomic E-state index is 11.6. The zero-order valence-corrected chi connectivity index (χ0v) is 11.3. The van der Waals surface area contributed by atoms with Gasteiger partial charge in [0.1, 0.15) is 11.3 Å². The number of nitrogens with two attached hydrogens (primary N) is 1. The normalized spacial score (nSPS) is 21.3. The Morgan fingerprint density at radius 1 is 1.50 bits per heavy atom. The third-order valence-corrected chi connectivity index (χ3v) is 5.29. The summed E-state index contributed by atoms with van der Waals surface area (Å²) in [5.74, 6) is -0.905. The zero-order chi connectivity index (χ0) is 14.5. The van der Waals surface area contributed by atoms with Gasteiger partial charge in [-0.25, -0.2) is 18.2 Å². The van der Waals surface area contributed by atoms with Crippen LogP contribution in [0.4, 0.5) is 5.69 Å². The molecule has 1 saturated heterocycles. The van der Waals surface area contributed by atoms with Gasteiger partial charge in [0, 0.05) is 12.1 Å². The molecule has 106 valence electrons. The Labute approximate surface area is 115 Å². The summed E-state index contributed by atoms with van der Waals surface area (Å²) in [5, 5.41) is 9.22. The van der Waals surface area contributed by atoms with E-state index < -0.39 is 15.8 Å². The van der Waals surface area contributed by atoms with Crippen molar-refractivity contribution in [2.24, 2.45) is 0 Å². The van der Waals surface area contributed by atoms with Crippen LogP contribution in [0, 0.1) is 0 Å². The van der Waals surface area contributed by atoms with E-state index in [2.05, 4.69) is 4.98 Å². The van der Waals surface area contributed by atoms with E-state index in [0.717, 1.165) is 0 Å². The monoisotopic (exact) mass is 295 g/mol. The molecule has 0 spiro atoms. The molecular weight excluding hydrogens is 282 g/mol. The van der Waals surface area contributed by atoms with Gasteiger partial charge in [-0.15, -0.1) is 0 Å². The molecule has 1 unspecified atom stereocenters. The number of anilines is 1. The summed E-state index contributed by atoms with van der Waals surface area (Å²) in [5.41, 5.74) is 6.31. The summed E-state index contributed by atoms with van der Waals surface area (Å²) in [7, 11) is -3.07. The van der Waals surface area contributed by atoms with Crippen LogP contribution in [0.2, 0.25) is 0 Å². The number of fused-ring (bicyclic) bond motifs is 1. The molecule has 0 saturated carbocycles. The molecule has 3 rings (SSSR count). The Balaban J connectivity index is 2.22. The highest BCUT2D eigenvalue weighted by atomic mass is 32.2. The highest BCUT2D eigenvalue weighted by Crippen LogP contribution is 2.31. The first-order chi connectivity index (χ1) is 9.39. The number of pyridine rings is 1. The van der Waals surface area contributed by atoms with Gasteiger partial charge in [-0.2, -0.15) is 0 Å². The third kappa shape index (κ3) is 1.92. The summed E-state index contributed by atoms with van der Waals surface area (Å²) in [4.78, 5) is 15.4. The van der Waals surface area contributed by atoms with E-state index in [0.29, 0.717) is 23.4 Å². The molecule has 2 aromatic heterocycles. The van der Waals surface area contributed by atoms with Crippen LogP contribution in [-0.2, 0) is 9.84 Å². The summed E-state index contributed by atoms with van der Waals surface area (Å²) >= 11 is 0. The number of hydrogen-bond donors (Lipinski definition) is 2. The highest BCUT2D eigenvalue weighted by Gasteiger charge is 2.33. The van der Waals surface area contributed by atoms with Crippen LogP contribution >= 0.6 is 0 Å². The van der Waals surface area contributed by atoms with Crippen molar-refractivity contribution in [3.05, 3.63) is 29.8 Å². The molecule has 1 aliphatic rings. The lowest BCUT2D eigenvalue weighted by atomic mass is 10.1. The Morgan fingerprint density at radius 3 is 2.85 bits per heavy atom. The number of hydrogen-bond acceptors (Lipinski definition) is 5. The molecule has 7 nitrogen and oxygen atoms in total. The number of imidazole rings is 1. The minimum absolute atomic E-state index is 0.0000283. The van der Waals surface area contributed by atoms with Crippen LogP contribution in [0.3, 0.4) is 0 Å². The molecule has 0 amide bonds. The van der Waals surface area contributed by atoms with Gasteiger partial charge in [0.15, 0.2) is 15.5 Å². The van der Waals surface area contributed by atoms with Gasteiger partial charge >= 0.3 is 5.97 Å². The van der Waals surface area contributed by atoms with Crippen molar-refractivity contribution in [1.29, 1.82) is 0 Å². The molecule has 8 heteroatoms. The lowest BCUT2D eigenvalue weighted by molar-refractivity contribution is 0.0693. The standard InChI is InChI=1S/C12H13N3O4S/c13-8-2-1-4-15-10(8)9(12(16)17)14-11(15)7-3-5-20(18,19)6-7/h1-2,4,7H,3,5-6,13H2,(H,16,17).